The molecule has 1 fully saturated rings. The van der Waals surface area contributed by atoms with Gasteiger partial charge in [-0.3, -0.25) is 0 Å². The van der Waals surface area contributed by atoms with E-state index in [1.165, 1.54) is 57.8 Å². The molecule has 0 unspecified atom stereocenters. The van der Waals surface area contributed by atoms with Crippen molar-refractivity contribution >= 4 is 6.08 Å². The third kappa shape index (κ3) is 2.78. The van der Waals surface area contributed by atoms with Crippen molar-refractivity contribution in [1.29, 1.82) is 0 Å². The number of rotatable bonds is 4. The fourth-order valence-corrected chi connectivity index (χ4v) is 3.80. The highest BCUT2D eigenvalue weighted by Gasteiger charge is 2.22. The van der Waals surface area contributed by atoms with Crippen LogP contribution in [0.5, 0.6) is 0 Å². The Balaban J connectivity index is 1.83. The highest BCUT2D eigenvalue weighted by molar-refractivity contribution is 5.67. The van der Waals surface area contributed by atoms with Crippen LogP contribution in [0.4, 0.5) is 0 Å². The summed E-state index contributed by atoms with van der Waals surface area (Å²) in [4.78, 5) is 0. The van der Waals surface area contributed by atoms with Crippen molar-refractivity contribution in [3.8, 4) is 0 Å². The van der Waals surface area contributed by atoms with Gasteiger partial charge in [-0.25, -0.2) is 0 Å². The molecule has 3 rings (SSSR count). The molecule has 102 valence electrons. The molecule has 0 nitrogen and oxygen atoms in total. The zero-order chi connectivity index (χ0) is 13.1. The van der Waals surface area contributed by atoms with Crippen molar-refractivity contribution in [3.05, 3.63) is 40.5 Å². The molecule has 0 aliphatic heterocycles. The van der Waals surface area contributed by atoms with Gasteiger partial charge in [0.2, 0.25) is 0 Å². The number of hydrogen-bond acceptors (Lipinski definition) is 0. The van der Waals surface area contributed by atoms with Crippen LogP contribution in [0, 0.1) is 0 Å². The average Bonchev–Trinajstić information content (AvgIpc) is 2.88. The number of allylic oxidation sites excluding steroid dienone is 1. The lowest BCUT2D eigenvalue weighted by molar-refractivity contribution is 0.443. The zero-order valence-corrected chi connectivity index (χ0v) is 12.3. The summed E-state index contributed by atoms with van der Waals surface area (Å²) in [5, 5.41) is 0. The molecule has 0 saturated heterocycles. The number of benzene rings is 1. The molecule has 2 aliphatic carbocycles. The first-order chi connectivity index (χ1) is 9.38. The molecule has 0 aromatic heterocycles. The van der Waals surface area contributed by atoms with E-state index in [1.807, 2.05) is 0 Å². The minimum absolute atomic E-state index is 0.838. The summed E-state index contributed by atoms with van der Waals surface area (Å²) in [6, 6.07) is 7.03. The number of hydrogen-bond donors (Lipinski definition) is 0. The summed E-state index contributed by atoms with van der Waals surface area (Å²) < 4.78 is 0. The van der Waals surface area contributed by atoms with E-state index >= 15 is 0 Å². The third-order valence-corrected chi connectivity index (χ3v) is 4.89. The first-order valence-electron chi connectivity index (χ1n) is 8.19. The first kappa shape index (κ1) is 13.0. The van der Waals surface area contributed by atoms with Gasteiger partial charge in [0.05, 0.1) is 0 Å². The topological polar surface area (TPSA) is 0 Å². The number of fused-ring (bicyclic) bond motifs is 1. The molecular formula is C19H26. The largest absolute Gasteiger partial charge is 0.0654 e. The van der Waals surface area contributed by atoms with Gasteiger partial charge < -0.3 is 0 Å². The maximum atomic E-state index is 2.52. The fraction of sp³-hybridized carbons (Fsp3) is 0.579. The van der Waals surface area contributed by atoms with Gasteiger partial charge in [-0.05, 0) is 54.7 Å². The lowest BCUT2D eigenvalue weighted by Crippen LogP contribution is -2.06. The van der Waals surface area contributed by atoms with Gasteiger partial charge in [-0.1, -0.05) is 62.5 Å². The Labute approximate surface area is 117 Å². The van der Waals surface area contributed by atoms with Crippen LogP contribution in [0.1, 0.15) is 80.9 Å². The predicted octanol–water partition coefficient (Wildman–Crippen LogP) is 5.86. The van der Waals surface area contributed by atoms with Gasteiger partial charge in [-0.2, -0.15) is 0 Å². The van der Waals surface area contributed by atoms with E-state index in [0.717, 1.165) is 5.92 Å². The van der Waals surface area contributed by atoms with Crippen LogP contribution >= 0.6 is 0 Å². The average molecular weight is 254 g/mol. The zero-order valence-electron chi connectivity index (χ0n) is 12.3. The van der Waals surface area contributed by atoms with Gasteiger partial charge >= 0.3 is 0 Å². The van der Waals surface area contributed by atoms with E-state index in [1.54, 1.807) is 22.3 Å². The second-order valence-electron chi connectivity index (χ2n) is 6.34. The summed E-state index contributed by atoms with van der Waals surface area (Å²) in [6.07, 6.45) is 14.8. The first-order valence-corrected chi connectivity index (χ1v) is 8.19. The van der Waals surface area contributed by atoms with E-state index in [0.29, 0.717) is 0 Å². The molecule has 0 atom stereocenters. The molecule has 0 radical (unpaired) electrons. The lowest BCUT2D eigenvalue weighted by Gasteiger charge is -2.23. The van der Waals surface area contributed by atoms with E-state index in [9.17, 15) is 0 Å². The molecule has 0 N–H and O–H groups in total. The molecule has 2 aliphatic rings. The molecule has 0 amide bonds. The standard InChI is InChI=1S/C19H26/c1-2-3-8-15-13-17-11-7-12-18(19(17)14-15)16-9-5-4-6-10-16/h7,11-12,14,16H,2-6,8-10,13H2,1H3. The molecule has 1 saturated carbocycles. The lowest BCUT2D eigenvalue weighted by atomic mass is 9.81. The van der Waals surface area contributed by atoms with Crippen LogP contribution in [0.25, 0.3) is 6.08 Å². The van der Waals surface area contributed by atoms with E-state index in [2.05, 4.69) is 31.2 Å². The third-order valence-electron chi connectivity index (χ3n) is 4.89. The molecule has 0 bridgehead atoms. The molecule has 19 heavy (non-hydrogen) atoms. The maximum Gasteiger partial charge on any atom is -0.00577 e. The highest BCUT2D eigenvalue weighted by Crippen LogP contribution is 2.39. The normalized spacial score (nSPS) is 19.3. The second-order valence-corrected chi connectivity index (χ2v) is 6.34. The van der Waals surface area contributed by atoms with Crippen LogP contribution in [0.2, 0.25) is 0 Å². The summed E-state index contributed by atoms with van der Waals surface area (Å²) in [5.41, 5.74) is 6.51. The van der Waals surface area contributed by atoms with Crippen molar-refractivity contribution in [2.45, 2.75) is 70.6 Å². The Hall–Kier alpha value is -1.04. The SMILES string of the molecule is CCCCC1=Cc2c(cccc2C2CCCCC2)C1. The molecular weight excluding hydrogens is 228 g/mol. The molecule has 0 spiro atoms. The van der Waals surface area contributed by atoms with Crippen LogP contribution < -0.4 is 0 Å². The van der Waals surface area contributed by atoms with Crippen molar-refractivity contribution in [1.82, 2.24) is 0 Å². The molecule has 1 aromatic rings. The Morgan fingerprint density at radius 2 is 1.95 bits per heavy atom. The van der Waals surface area contributed by atoms with Gasteiger partial charge in [0.1, 0.15) is 0 Å². The molecule has 1 aromatic carbocycles. The van der Waals surface area contributed by atoms with E-state index in [-0.39, 0.29) is 0 Å². The van der Waals surface area contributed by atoms with Crippen LogP contribution in [-0.2, 0) is 6.42 Å². The van der Waals surface area contributed by atoms with Crippen LogP contribution in [-0.4, -0.2) is 0 Å². The van der Waals surface area contributed by atoms with Crippen molar-refractivity contribution in [2.24, 2.45) is 0 Å². The predicted molar refractivity (Wildman–Crippen MR) is 83.5 cm³/mol. The Kier molecular flexibility index (Phi) is 4.06. The number of unbranched alkanes of at least 4 members (excludes halogenated alkanes) is 1. The van der Waals surface area contributed by atoms with E-state index in [4.69, 9.17) is 0 Å². The van der Waals surface area contributed by atoms with Gasteiger partial charge in [0.15, 0.2) is 0 Å². The van der Waals surface area contributed by atoms with Crippen LogP contribution in [0.15, 0.2) is 23.8 Å². The summed E-state index contributed by atoms with van der Waals surface area (Å²) in [6.45, 7) is 2.29. The Morgan fingerprint density at radius 3 is 2.74 bits per heavy atom. The minimum atomic E-state index is 0.838. The molecule has 0 heteroatoms. The maximum absolute atomic E-state index is 2.52. The summed E-state index contributed by atoms with van der Waals surface area (Å²) in [5.74, 6) is 0.838. The monoisotopic (exact) mass is 254 g/mol. The minimum Gasteiger partial charge on any atom is -0.0654 e. The second kappa shape index (κ2) is 5.94. The fourth-order valence-electron chi connectivity index (χ4n) is 3.80. The van der Waals surface area contributed by atoms with E-state index < -0.39 is 0 Å². The van der Waals surface area contributed by atoms with Crippen LogP contribution in [0.3, 0.4) is 0 Å². The van der Waals surface area contributed by atoms with Crippen molar-refractivity contribution in [2.75, 3.05) is 0 Å². The van der Waals surface area contributed by atoms with Gasteiger partial charge in [-0.15, -0.1) is 0 Å². The quantitative estimate of drug-likeness (QED) is 0.631. The smallest absolute Gasteiger partial charge is 0.00577 e. The Morgan fingerprint density at radius 1 is 1.11 bits per heavy atom. The van der Waals surface area contributed by atoms with Crippen molar-refractivity contribution in [3.63, 3.8) is 0 Å². The summed E-state index contributed by atoms with van der Waals surface area (Å²) in [7, 11) is 0. The highest BCUT2D eigenvalue weighted by atomic mass is 14.3. The van der Waals surface area contributed by atoms with Gasteiger partial charge in [0, 0.05) is 0 Å². The summed E-state index contributed by atoms with van der Waals surface area (Å²) >= 11 is 0. The van der Waals surface area contributed by atoms with Crippen molar-refractivity contribution < 1.29 is 0 Å². The molecule has 0 heterocycles. The van der Waals surface area contributed by atoms with Gasteiger partial charge in [0.25, 0.3) is 0 Å². The Bertz CT molecular complexity index is 461.